The van der Waals surface area contributed by atoms with Crippen LogP contribution < -0.4 is 10.1 Å². The lowest BCUT2D eigenvalue weighted by Crippen LogP contribution is -2.15. The molecule has 0 saturated heterocycles. The molecule has 6 nitrogen and oxygen atoms in total. The second-order valence-corrected chi connectivity index (χ2v) is 8.22. The van der Waals surface area contributed by atoms with Gasteiger partial charge in [-0.15, -0.1) is 0 Å². The van der Waals surface area contributed by atoms with Gasteiger partial charge in [0, 0.05) is 18.4 Å². The summed E-state index contributed by atoms with van der Waals surface area (Å²) >= 11 is 6.44. The van der Waals surface area contributed by atoms with Crippen LogP contribution in [0.2, 0.25) is 5.02 Å². The quantitative estimate of drug-likeness (QED) is 0.362. The number of aryl methyl sites for hydroxylation is 1. The Labute approximate surface area is 191 Å². The summed E-state index contributed by atoms with van der Waals surface area (Å²) in [6.07, 6.45) is 4.61. The lowest BCUT2D eigenvalue weighted by atomic mass is 10.2. The van der Waals surface area contributed by atoms with Crippen LogP contribution >= 0.6 is 11.6 Å². The molecule has 2 heterocycles. The maximum atomic E-state index is 13.3. The molecule has 2 aromatic heterocycles. The Kier molecular flexibility index (Phi) is 6.87. The molecule has 0 saturated carbocycles. The van der Waals surface area contributed by atoms with Crippen molar-refractivity contribution in [1.82, 2.24) is 19.4 Å². The molecule has 0 aliphatic heterocycles. The number of benzene rings is 2. The zero-order chi connectivity index (χ0) is 22.5. The van der Waals surface area contributed by atoms with E-state index < -0.39 is 0 Å². The Hall–Kier alpha value is -3.16. The summed E-state index contributed by atoms with van der Waals surface area (Å²) in [6, 6.07) is 13.8. The molecule has 0 bridgehead atoms. The van der Waals surface area contributed by atoms with Gasteiger partial charge in [0.25, 0.3) is 0 Å². The van der Waals surface area contributed by atoms with Crippen LogP contribution in [0.5, 0.6) is 5.75 Å². The number of aromatic nitrogens is 3. The second kappa shape index (κ2) is 9.97. The van der Waals surface area contributed by atoms with Crippen molar-refractivity contribution in [1.29, 1.82) is 0 Å². The third kappa shape index (κ3) is 5.36. The maximum absolute atomic E-state index is 13.3. The zero-order valence-corrected chi connectivity index (χ0v) is 18.8. The number of fused-ring (bicyclic) bond motifs is 1. The third-order valence-electron chi connectivity index (χ3n) is 5.03. The van der Waals surface area contributed by atoms with Crippen molar-refractivity contribution in [2.45, 2.75) is 19.6 Å². The fraction of sp³-hybridized carbons (Fsp3) is 0.250. The van der Waals surface area contributed by atoms with Gasteiger partial charge in [0.1, 0.15) is 30.0 Å². The Bertz CT molecular complexity index is 1210. The lowest BCUT2D eigenvalue weighted by molar-refractivity contribution is 0.306. The first-order chi connectivity index (χ1) is 15.5. The van der Waals surface area contributed by atoms with Gasteiger partial charge >= 0.3 is 0 Å². The zero-order valence-electron chi connectivity index (χ0n) is 18.1. The molecule has 8 heteroatoms. The summed E-state index contributed by atoms with van der Waals surface area (Å²) in [7, 11) is 4.14. The van der Waals surface area contributed by atoms with E-state index in [0.29, 0.717) is 16.6 Å². The highest BCUT2D eigenvalue weighted by Crippen LogP contribution is 2.31. The number of anilines is 2. The SMILES string of the molecule is CN(C)CCCn1ccc2ncnc(Nc3ccc(OCc4cccc(F)c4)c(Cl)c3)c21. The molecule has 0 fully saturated rings. The molecule has 0 radical (unpaired) electrons. The van der Waals surface area contributed by atoms with E-state index >= 15 is 0 Å². The van der Waals surface area contributed by atoms with Crippen LogP contribution in [0, 0.1) is 5.82 Å². The van der Waals surface area contributed by atoms with Gasteiger partial charge in [-0.2, -0.15) is 0 Å². The summed E-state index contributed by atoms with van der Waals surface area (Å²) in [4.78, 5) is 11.0. The van der Waals surface area contributed by atoms with E-state index in [-0.39, 0.29) is 12.4 Å². The van der Waals surface area contributed by atoms with Gasteiger partial charge in [-0.05, 0) is 69.0 Å². The largest absolute Gasteiger partial charge is 0.487 e. The van der Waals surface area contributed by atoms with Crippen molar-refractivity contribution in [3.63, 3.8) is 0 Å². The summed E-state index contributed by atoms with van der Waals surface area (Å²) in [5.41, 5.74) is 3.36. The molecule has 32 heavy (non-hydrogen) atoms. The first-order valence-corrected chi connectivity index (χ1v) is 10.8. The van der Waals surface area contributed by atoms with E-state index in [2.05, 4.69) is 38.8 Å². The molecular formula is C24H25ClFN5O. The molecule has 166 valence electrons. The number of nitrogens with one attached hydrogen (secondary N) is 1. The highest BCUT2D eigenvalue weighted by molar-refractivity contribution is 6.32. The fourth-order valence-electron chi connectivity index (χ4n) is 3.49. The van der Waals surface area contributed by atoms with Gasteiger partial charge in [-0.3, -0.25) is 0 Å². The Balaban J connectivity index is 1.49. The third-order valence-corrected chi connectivity index (χ3v) is 5.33. The first kappa shape index (κ1) is 22.0. The van der Waals surface area contributed by atoms with Crippen molar-refractivity contribution >= 4 is 34.1 Å². The molecule has 4 rings (SSSR count). The van der Waals surface area contributed by atoms with Crippen LogP contribution in [0.4, 0.5) is 15.9 Å². The number of rotatable bonds is 9. The fourth-order valence-corrected chi connectivity index (χ4v) is 3.72. The molecule has 2 aromatic carbocycles. The van der Waals surface area contributed by atoms with Crippen molar-refractivity contribution < 1.29 is 9.13 Å². The summed E-state index contributed by atoms with van der Waals surface area (Å²) in [5.74, 6) is 0.954. The van der Waals surface area contributed by atoms with Crippen LogP contribution in [-0.2, 0) is 13.2 Å². The minimum Gasteiger partial charge on any atom is -0.487 e. The van der Waals surface area contributed by atoms with Crippen LogP contribution in [0.25, 0.3) is 11.0 Å². The van der Waals surface area contributed by atoms with Crippen molar-refractivity contribution in [3.05, 3.63) is 77.5 Å². The van der Waals surface area contributed by atoms with Crippen molar-refractivity contribution in [2.75, 3.05) is 26.0 Å². The molecule has 0 aliphatic rings. The monoisotopic (exact) mass is 453 g/mol. The molecule has 0 spiro atoms. The van der Waals surface area contributed by atoms with Crippen LogP contribution in [0.3, 0.4) is 0 Å². The predicted octanol–water partition coefficient (Wildman–Crippen LogP) is 5.50. The minimum atomic E-state index is -0.292. The molecule has 0 amide bonds. The number of halogens is 2. The van der Waals surface area contributed by atoms with Crippen LogP contribution in [-0.4, -0.2) is 40.1 Å². The van der Waals surface area contributed by atoms with Gasteiger partial charge in [-0.25, -0.2) is 14.4 Å². The molecule has 0 unspecified atom stereocenters. The smallest absolute Gasteiger partial charge is 0.158 e. The Morgan fingerprint density at radius 1 is 1.12 bits per heavy atom. The van der Waals surface area contributed by atoms with Gasteiger partial charge in [-0.1, -0.05) is 23.7 Å². The molecule has 4 aromatic rings. The average Bonchev–Trinajstić information content (AvgIpc) is 3.17. The lowest BCUT2D eigenvalue weighted by Gasteiger charge is -2.13. The number of hydrogen-bond donors (Lipinski definition) is 1. The van der Waals surface area contributed by atoms with Gasteiger partial charge in [0.05, 0.1) is 10.5 Å². The topological polar surface area (TPSA) is 55.2 Å². The first-order valence-electron chi connectivity index (χ1n) is 10.4. The Morgan fingerprint density at radius 3 is 2.78 bits per heavy atom. The summed E-state index contributed by atoms with van der Waals surface area (Å²) in [5, 5.41) is 3.81. The normalized spacial score (nSPS) is 11.3. The summed E-state index contributed by atoms with van der Waals surface area (Å²) in [6.45, 7) is 2.11. The van der Waals surface area contributed by atoms with Gasteiger partial charge < -0.3 is 19.5 Å². The number of hydrogen-bond acceptors (Lipinski definition) is 5. The van der Waals surface area contributed by atoms with Crippen LogP contribution in [0.1, 0.15) is 12.0 Å². The van der Waals surface area contributed by atoms with E-state index in [0.717, 1.165) is 41.8 Å². The van der Waals surface area contributed by atoms with Crippen molar-refractivity contribution in [3.8, 4) is 5.75 Å². The highest BCUT2D eigenvalue weighted by atomic mass is 35.5. The van der Waals surface area contributed by atoms with E-state index in [1.54, 1.807) is 30.6 Å². The number of ether oxygens (including phenoxy) is 1. The molecule has 0 atom stereocenters. The molecular weight excluding hydrogens is 429 g/mol. The van der Waals surface area contributed by atoms with Crippen molar-refractivity contribution in [2.24, 2.45) is 0 Å². The highest BCUT2D eigenvalue weighted by Gasteiger charge is 2.11. The van der Waals surface area contributed by atoms with E-state index in [9.17, 15) is 4.39 Å². The second-order valence-electron chi connectivity index (χ2n) is 7.81. The maximum Gasteiger partial charge on any atom is 0.158 e. The predicted molar refractivity (Wildman–Crippen MR) is 126 cm³/mol. The molecule has 1 N–H and O–H groups in total. The molecule has 0 aliphatic carbocycles. The standard InChI is InChI=1S/C24H25ClFN5O/c1-30(2)10-4-11-31-12-9-21-23(31)24(28-16-27-21)29-19-7-8-22(20(25)14-19)32-15-17-5-3-6-18(26)13-17/h3,5-9,12-14,16H,4,10-11,15H2,1-2H3,(H,27,28,29). The minimum absolute atomic E-state index is 0.233. The van der Waals surface area contributed by atoms with E-state index in [1.807, 2.05) is 18.3 Å². The average molecular weight is 454 g/mol. The Morgan fingerprint density at radius 2 is 2.00 bits per heavy atom. The van der Waals surface area contributed by atoms with Gasteiger partial charge in [0.2, 0.25) is 0 Å². The van der Waals surface area contributed by atoms with Gasteiger partial charge in [0.15, 0.2) is 5.82 Å². The van der Waals surface area contributed by atoms with Crippen LogP contribution in [0.15, 0.2) is 61.1 Å². The summed E-state index contributed by atoms with van der Waals surface area (Å²) < 4.78 is 21.3. The number of nitrogens with zero attached hydrogens (tertiary/aromatic N) is 4. The van der Waals surface area contributed by atoms with E-state index in [4.69, 9.17) is 16.3 Å². The van der Waals surface area contributed by atoms with E-state index in [1.165, 1.54) is 12.1 Å².